The largest absolute Gasteiger partial charge is 0.444 e. The van der Waals surface area contributed by atoms with E-state index in [-0.39, 0.29) is 18.5 Å². The minimum Gasteiger partial charge on any atom is -0.444 e. The molecule has 0 aliphatic heterocycles. The molecule has 0 aliphatic carbocycles. The summed E-state index contributed by atoms with van der Waals surface area (Å²) in [5.74, 6) is -0.237. The van der Waals surface area contributed by atoms with Gasteiger partial charge in [-0.2, -0.15) is 0 Å². The SMILES string of the molecule is CC(C)(C)OC(=O)NC[C@H](Cc1ccccc1)NC(=O)c1cc(Br)c(Cl)s1. The molecule has 2 amide bonds. The van der Waals surface area contributed by atoms with Gasteiger partial charge in [-0.1, -0.05) is 41.9 Å². The molecule has 1 aromatic carbocycles. The zero-order valence-electron chi connectivity index (χ0n) is 15.3. The van der Waals surface area contributed by atoms with E-state index in [1.807, 2.05) is 30.3 Å². The monoisotopic (exact) mass is 472 g/mol. The first-order valence-electron chi connectivity index (χ1n) is 8.40. The van der Waals surface area contributed by atoms with Crippen LogP contribution in [0.5, 0.6) is 0 Å². The third-order valence-electron chi connectivity index (χ3n) is 3.42. The van der Waals surface area contributed by atoms with Gasteiger partial charge >= 0.3 is 6.09 Å². The second-order valence-corrected chi connectivity index (χ2v) is 9.48. The molecule has 2 rings (SSSR count). The third-order valence-corrected chi connectivity index (χ3v) is 5.89. The van der Waals surface area contributed by atoms with Gasteiger partial charge < -0.3 is 15.4 Å². The molecule has 1 atom stereocenters. The van der Waals surface area contributed by atoms with Gasteiger partial charge in [0, 0.05) is 11.0 Å². The van der Waals surface area contributed by atoms with E-state index in [9.17, 15) is 9.59 Å². The summed E-state index contributed by atoms with van der Waals surface area (Å²) >= 11 is 10.5. The number of thiophene rings is 1. The molecule has 2 aromatic rings. The Hall–Kier alpha value is -1.57. The van der Waals surface area contributed by atoms with Crippen LogP contribution in [-0.2, 0) is 11.2 Å². The Bertz CT molecular complexity index is 770. The molecule has 0 aliphatic rings. The van der Waals surface area contributed by atoms with E-state index in [4.69, 9.17) is 16.3 Å². The molecule has 0 fully saturated rings. The van der Waals surface area contributed by atoms with Gasteiger partial charge in [-0.15, -0.1) is 11.3 Å². The van der Waals surface area contributed by atoms with Crippen molar-refractivity contribution in [2.75, 3.05) is 6.54 Å². The molecule has 0 saturated carbocycles. The zero-order valence-corrected chi connectivity index (χ0v) is 18.5. The summed E-state index contributed by atoms with van der Waals surface area (Å²) < 4.78 is 6.47. The number of ether oxygens (including phenoxy) is 1. The average molecular weight is 474 g/mol. The van der Waals surface area contributed by atoms with Crippen LogP contribution in [0.2, 0.25) is 4.34 Å². The van der Waals surface area contributed by atoms with E-state index in [0.29, 0.717) is 20.1 Å². The summed E-state index contributed by atoms with van der Waals surface area (Å²) in [5.41, 5.74) is 0.474. The summed E-state index contributed by atoms with van der Waals surface area (Å²) in [5, 5.41) is 5.69. The van der Waals surface area contributed by atoms with Gasteiger partial charge in [0.1, 0.15) is 9.94 Å². The number of hydrogen-bond donors (Lipinski definition) is 2. The van der Waals surface area contributed by atoms with Crippen molar-refractivity contribution in [3.8, 4) is 0 Å². The van der Waals surface area contributed by atoms with Crippen LogP contribution in [0.15, 0.2) is 40.9 Å². The van der Waals surface area contributed by atoms with Crippen molar-refractivity contribution in [2.45, 2.75) is 38.8 Å². The van der Waals surface area contributed by atoms with Crippen LogP contribution < -0.4 is 10.6 Å². The van der Waals surface area contributed by atoms with Gasteiger partial charge in [-0.05, 0) is 54.8 Å². The molecule has 8 heteroatoms. The minimum absolute atomic E-state index is 0.237. The lowest BCUT2D eigenvalue weighted by Crippen LogP contribution is -2.45. The van der Waals surface area contributed by atoms with Crippen molar-refractivity contribution >= 4 is 50.9 Å². The standard InChI is InChI=1S/C19H22BrClN2O3S/c1-19(2,3)26-18(25)22-11-13(9-12-7-5-4-6-8-12)23-17(24)15-10-14(20)16(21)27-15/h4-8,10,13H,9,11H2,1-3H3,(H,22,25)(H,23,24)/t13-/m0/s1. The number of nitrogens with one attached hydrogen (secondary N) is 2. The molecule has 2 N–H and O–H groups in total. The quantitative estimate of drug-likeness (QED) is 0.618. The summed E-state index contributed by atoms with van der Waals surface area (Å²) in [4.78, 5) is 25.0. The number of benzene rings is 1. The van der Waals surface area contributed by atoms with Crippen LogP contribution in [-0.4, -0.2) is 30.2 Å². The maximum atomic E-state index is 12.6. The number of halogens is 2. The third kappa shape index (κ3) is 7.52. The van der Waals surface area contributed by atoms with Crippen molar-refractivity contribution in [3.05, 3.63) is 55.6 Å². The first-order valence-corrected chi connectivity index (χ1v) is 10.4. The van der Waals surface area contributed by atoms with Crippen molar-refractivity contribution in [3.63, 3.8) is 0 Å². The number of hydrogen-bond acceptors (Lipinski definition) is 4. The first-order chi connectivity index (χ1) is 12.6. The normalized spacial score (nSPS) is 12.3. The molecule has 1 heterocycles. The smallest absolute Gasteiger partial charge is 0.407 e. The van der Waals surface area contributed by atoms with Crippen molar-refractivity contribution in [1.82, 2.24) is 10.6 Å². The van der Waals surface area contributed by atoms with E-state index in [0.717, 1.165) is 5.56 Å². The number of carbonyl (C=O) groups excluding carboxylic acids is 2. The van der Waals surface area contributed by atoms with Crippen LogP contribution in [0.4, 0.5) is 4.79 Å². The molecule has 5 nitrogen and oxygen atoms in total. The molecule has 27 heavy (non-hydrogen) atoms. The van der Waals surface area contributed by atoms with Crippen LogP contribution in [0.3, 0.4) is 0 Å². The summed E-state index contributed by atoms with van der Waals surface area (Å²) in [7, 11) is 0. The molecule has 0 bridgehead atoms. The first kappa shape index (κ1) is 21.7. The van der Waals surface area contributed by atoms with E-state index >= 15 is 0 Å². The minimum atomic E-state index is -0.581. The molecule has 0 radical (unpaired) electrons. The molecule has 0 unspecified atom stereocenters. The maximum absolute atomic E-state index is 12.6. The Kier molecular flexibility index (Phi) is 7.70. The van der Waals surface area contributed by atoms with Crippen molar-refractivity contribution in [1.29, 1.82) is 0 Å². The second kappa shape index (κ2) is 9.57. The number of amides is 2. The van der Waals surface area contributed by atoms with E-state index in [2.05, 4.69) is 26.6 Å². The lowest BCUT2D eigenvalue weighted by molar-refractivity contribution is 0.0520. The van der Waals surface area contributed by atoms with Crippen LogP contribution in [0, 0.1) is 0 Å². The van der Waals surface area contributed by atoms with Crippen molar-refractivity contribution < 1.29 is 14.3 Å². The fraction of sp³-hybridized carbons (Fsp3) is 0.368. The highest BCUT2D eigenvalue weighted by molar-refractivity contribution is 9.10. The Labute approximate surface area is 176 Å². The lowest BCUT2D eigenvalue weighted by Gasteiger charge is -2.22. The average Bonchev–Trinajstić information content (AvgIpc) is 2.91. The van der Waals surface area contributed by atoms with Crippen LogP contribution in [0.25, 0.3) is 0 Å². The van der Waals surface area contributed by atoms with E-state index < -0.39 is 11.7 Å². The maximum Gasteiger partial charge on any atom is 0.407 e. The highest BCUT2D eigenvalue weighted by atomic mass is 79.9. The topological polar surface area (TPSA) is 67.4 Å². The molecule has 1 aromatic heterocycles. The van der Waals surface area contributed by atoms with Gasteiger partial charge in [-0.3, -0.25) is 4.79 Å². The number of rotatable bonds is 6. The molecule has 0 spiro atoms. The Morgan fingerprint density at radius 3 is 2.48 bits per heavy atom. The van der Waals surface area contributed by atoms with Gasteiger partial charge in [0.2, 0.25) is 0 Å². The predicted octanol–water partition coefficient (Wildman–Crippen LogP) is 5.03. The van der Waals surface area contributed by atoms with Gasteiger partial charge in [0.05, 0.1) is 10.9 Å². The second-order valence-electron chi connectivity index (χ2n) is 6.98. The summed E-state index contributed by atoms with van der Waals surface area (Å²) in [6, 6.07) is 11.1. The molecule has 0 saturated heterocycles. The molecule has 146 valence electrons. The Balaban J connectivity index is 2.04. The van der Waals surface area contributed by atoms with E-state index in [1.165, 1.54) is 11.3 Å². The number of alkyl carbamates (subject to hydrolysis) is 1. The lowest BCUT2D eigenvalue weighted by atomic mass is 10.1. The zero-order chi connectivity index (χ0) is 20.0. The Morgan fingerprint density at radius 1 is 1.26 bits per heavy atom. The predicted molar refractivity (Wildman–Crippen MR) is 113 cm³/mol. The molecular weight excluding hydrogens is 452 g/mol. The summed E-state index contributed by atoms with van der Waals surface area (Å²) in [6.07, 6.45) is 0.0552. The van der Waals surface area contributed by atoms with Gasteiger partial charge in [0.25, 0.3) is 5.91 Å². The van der Waals surface area contributed by atoms with E-state index in [1.54, 1.807) is 26.8 Å². The van der Waals surface area contributed by atoms with Crippen LogP contribution in [0.1, 0.15) is 36.0 Å². The summed E-state index contributed by atoms with van der Waals surface area (Å²) in [6.45, 7) is 5.65. The van der Waals surface area contributed by atoms with Gasteiger partial charge in [0.15, 0.2) is 0 Å². The highest BCUT2D eigenvalue weighted by Crippen LogP contribution is 2.31. The fourth-order valence-electron chi connectivity index (χ4n) is 2.31. The number of carbonyl (C=O) groups is 2. The van der Waals surface area contributed by atoms with Crippen molar-refractivity contribution in [2.24, 2.45) is 0 Å². The molecular formula is C19H22BrClN2O3S. The highest BCUT2D eigenvalue weighted by Gasteiger charge is 2.20. The Morgan fingerprint density at radius 2 is 1.93 bits per heavy atom. The fourth-order valence-corrected chi connectivity index (χ4v) is 3.91. The van der Waals surface area contributed by atoms with Gasteiger partial charge in [-0.25, -0.2) is 4.79 Å². The van der Waals surface area contributed by atoms with Crippen LogP contribution >= 0.6 is 38.9 Å².